The molecule has 2 aliphatic rings. The van der Waals surface area contributed by atoms with Gasteiger partial charge in [0.15, 0.2) is 11.6 Å². The summed E-state index contributed by atoms with van der Waals surface area (Å²) in [4.78, 5) is 7.21. The highest BCUT2D eigenvalue weighted by Gasteiger charge is 2.37. The Bertz CT molecular complexity index is 1100. The maximum Gasteiger partial charge on any atom is 0.165 e. The van der Waals surface area contributed by atoms with Gasteiger partial charge < -0.3 is 24.4 Å². The minimum atomic E-state index is -0.374. The van der Waals surface area contributed by atoms with E-state index in [2.05, 4.69) is 16.3 Å². The minimum absolute atomic E-state index is 0. The van der Waals surface area contributed by atoms with Crippen LogP contribution in [0.2, 0.25) is 0 Å². The smallest absolute Gasteiger partial charge is 0.165 e. The number of rotatable bonds is 7. The number of halogens is 1. The number of methoxy groups -OCH3 is 1. The monoisotopic (exact) mass is 469 g/mol. The zero-order valence-electron chi connectivity index (χ0n) is 20.4. The molecule has 2 aromatic carbocycles. The lowest BCUT2D eigenvalue weighted by molar-refractivity contribution is 0.177. The summed E-state index contributed by atoms with van der Waals surface area (Å²) in [6, 6.07) is 13.3. The lowest BCUT2D eigenvalue weighted by Gasteiger charge is -2.23. The predicted molar refractivity (Wildman–Crippen MR) is 137 cm³/mol. The third kappa shape index (κ3) is 4.95. The first-order valence-electron chi connectivity index (χ1n) is 12.0. The Hall–Kier alpha value is -2.90. The Morgan fingerprint density at radius 3 is 2.47 bits per heavy atom. The lowest BCUT2D eigenvalue weighted by Crippen LogP contribution is -2.22. The van der Waals surface area contributed by atoms with Crippen LogP contribution in [0.1, 0.15) is 15.3 Å². The van der Waals surface area contributed by atoms with Crippen molar-refractivity contribution in [3.63, 3.8) is 0 Å². The van der Waals surface area contributed by atoms with Crippen molar-refractivity contribution in [1.82, 2.24) is 10.3 Å². The number of likely N-dealkylation sites (N-methyl/N-ethyl adjacent to an activating group) is 1. The average molecular weight is 470 g/mol. The normalized spacial score (nSPS) is 19.0. The summed E-state index contributed by atoms with van der Waals surface area (Å²) in [7, 11) is 3.38. The highest BCUT2D eigenvalue weighted by Crippen LogP contribution is 2.39. The van der Waals surface area contributed by atoms with E-state index >= 15 is 0 Å². The molecule has 0 spiro atoms. The molecule has 2 aliphatic heterocycles. The van der Waals surface area contributed by atoms with Crippen LogP contribution in [0.4, 0.5) is 10.1 Å². The van der Waals surface area contributed by atoms with E-state index in [0.29, 0.717) is 18.4 Å². The summed E-state index contributed by atoms with van der Waals surface area (Å²) < 4.78 is 31.2. The highest BCUT2D eigenvalue weighted by molar-refractivity contribution is 5.95. The molecule has 0 bridgehead atoms. The molecule has 34 heavy (non-hydrogen) atoms. The molecule has 184 valence electrons. The molecular formula is C27H36FN3O3. The second-order valence-corrected chi connectivity index (χ2v) is 8.47. The maximum absolute atomic E-state index is 14.6. The summed E-state index contributed by atoms with van der Waals surface area (Å²) in [5.74, 6) is 1.70. The zero-order valence-corrected chi connectivity index (χ0v) is 20.4. The van der Waals surface area contributed by atoms with Gasteiger partial charge in [0.2, 0.25) is 0 Å². The summed E-state index contributed by atoms with van der Waals surface area (Å²) in [5.41, 5.74) is 3.56. The number of nitrogens with one attached hydrogen (secondary N) is 1. The molecule has 2 atom stereocenters. The number of hydrogen-bond donors (Lipinski definition) is 1. The number of anilines is 1. The number of nitrogens with zero attached hydrogens (tertiary/aromatic N) is 2. The largest absolute Gasteiger partial charge is 0.494 e. The first-order valence-corrected chi connectivity index (χ1v) is 12.0. The molecule has 2 fully saturated rings. The van der Waals surface area contributed by atoms with Gasteiger partial charge in [0.1, 0.15) is 12.4 Å². The van der Waals surface area contributed by atoms with Crippen LogP contribution in [-0.2, 0) is 4.74 Å². The van der Waals surface area contributed by atoms with Gasteiger partial charge in [-0.25, -0.2) is 9.37 Å². The molecule has 7 heteroatoms. The molecule has 3 aromatic rings. The molecule has 1 aromatic heterocycles. The molecule has 0 saturated carbocycles. The van der Waals surface area contributed by atoms with Crippen molar-refractivity contribution in [3.05, 3.63) is 48.3 Å². The van der Waals surface area contributed by atoms with E-state index in [9.17, 15) is 4.39 Å². The third-order valence-electron chi connectivity index (χ3n) is 6.41. The minimum Gasteiger partial charge on any atom is -0.494 e. The quantitative estimate of drug-likeness (QED) is 0.492. The Morgan fingerprint density at radius 2 is 1.82 bits per heavy atom. The summed E-state index contributed by atoms with van der Waals surface area (Å²) in [6.07, 6.45) is 0. The molecule has 5 rings (SSSR count). The molecule has 0 radical (unpaired) electrons. The SMILES string of the molecule is CC.CNCCOc1ccc(-c2cc(N3CC4COCC4C3)c3cc(F)c(OC)cc3n2)cc1.[HH]. The second kappa shape index (κ2) is 11.0. The summed E-state index contributed by atoms with van der Waals surface area (Å²) in [6.45, 7) is 8.83. The second-order valence-electron chi connectivity index (χ2n) is 8.47. The van der Waals surface area contributed by atoms with E-state index in [4.69, 9.17) is 19.2 Å². The first-order chi connectivity index (χ1) is 16.7. The van der Waals surface area contributed by atoms with E-state index in [1.54, 1.807) is 12.1 Å². The Morgan fingerprint density at radius 1 is 1.12 bits per heavy atom. The fraction of sp³-hybridized carbons (Fsp3) is 0.444. The number of fused-ring (bicyclic) bond motifs is 2. The molecule has 2 saturated heterocycles. The van der Waals surface area contributed by atoms with Crippen molar-refractivity contribution in [2.75, 3.05) is 58.5 Å². The van der Waals surface area contributed by atoms with Crippen molar-refractivity contribution in [1.29, 1.82) is 0 Å². The molecule has 1 N–H and O–H groups in total. The number of hydrogen-bond acceptors (Lipinski definition) is 6. The van der Waals surface area contributed by atoms with Crippen molar-refractivity contribution < 1.29 is 20.0 Å². The fourth-order valence-corrected chi connectivity index (χ4v) is 4.65. The summed E-state index contributed by atoms with van der Waals surface area (Å²) in [5, 5.41) is 3.87. The van der Waals surface area contributed by atoms with Crippen molar-refractivity contribution in [3.8, 4) is 22.8 Å². The Labute approximate surface area is 202 Å². The van der Waals surface area contributed by atoms with Crippen LogP contribution in [0.3, 0.4) is 0 Å². The van der Waals surface area contributed by atoms with Gasteiger partial charge in [-0.05, 0) is 43.4 Å². The van der Waals surface area contributed by atoms with Crippen LogP contribution in [0, 0.1) is 17.7 Å². The number of aromatic nitrogens is 1. The zero-order chi connectivity index (χ0) is 24.1. The van der Waals surface area contributed by atoms with Crippen LogP contribution in [0.25, 0.3) is 22.2 Å². The first kappa shape index (κ1) is 24.2. The van der Waals surface area contributed by atoms with Gasteiger partial charge in [-0.1, -0.05) is 13.8 Å². The van der Waals surface area contributed by atoms with Gasteiger partial charge in [0, 0.05) is 55.6 Å². The van der Waals surface area contributed by atoms with Crippen molar-refractivity contribution in [2.45, 2.75) is 13.8 Å². The van der Waals surface area contributed by atoms with Gasteiger partial charge in [0.25, 0.3) is 0 Å². The number of pyridine rings is 1. The van der Waals surface area contributed by atoms with E-state index in [0.717, 1.165) is 66.4 Å². The number of ether oxygens (including phenoxy) is 3. The molecule has 0 aliphatic carbocycles. The van der Waals surface area contributed by atoms with Crippen LogP contribution >= 0.6 is 0 Å². The molecular weight excluding hydrogens is 433 g/mol. The van der Waals surface area contributed by atoms with Crippen LogP contribution in [0.15, 0.2) is 42.5 Å². The Balaban J connectivity index is 0.00000111. The average Bonchev–Trinajstić information content (AvgIpc) is 3.48. The van der Waals surface area contributed by atoms with Crippen LogP contribution in [0.5, 0.6) is 11.5 Å². The van der Waals surface area contributed by atoms with Crippen LogP contribution < -0.4 is 19.7 Å². The number of benzene rings is 2. The van der Waals surface area contributed by atoms with Gasteiger partial charge in [0.05, 0.1) is 31.5 Å². The third-order valence-corrected chi connectivity index (χ3v) is 6.41. The summed E-state index contributed by atoms with van der Waals surface area (Å²) >= 11 is 0. The fourth-order valence-electron chi connectivity index (χ4n) is 4.65. The maximum atomic E-state index is 14.6. The van der Waals surface area contributed by atoms with Crippen molar-refractivity contribution in [2.24, 2.45) is 11.8 Å². The highest BCUT2D eigenvalue weighted by atomic mass is 19.1. The topological polar surface area (TPSA) is 55.9 Å². The van der Waals surface area contributed by atoms with E-state index in [-0.39, 0.29) is 13.0 Å². The van der Waals surface area contributed by atoms with E-state index in [1.807, 2.05) is 45.2 Å². The van der Waals surface area contributed by atoms with Gasteiger partial charge in [-0.3, -0.25) is 0 Å². The molecule has 2 unspecified atom stereocenters. The lowest BCUT2D eigenvalue weighted by atomic mass is 10.0. The van der Waals surface area contributed by atoms with Crippen LogP contribution in [-0.4, -0.2) is 58.6 Å². The van der Waals surface area contributed by atoms with E-state index in [1.165, 1.54) is 7.11 Å². The van der Waals surface area contributed by atoms with Gasteiger partial charge in [-0.2, -0.15) is 0 Å². The van der Waals surface area contributed by atoms with Gasteiger partial charge >= 0.3 is 0 Å². The molecule has 3 heterocycles. The standard InChI is InChI=1S/C25H28FN3O3.C2H6.H2/c1-27-7-8-32-19-5-3-16(4-6-19)22-10-24(29-12-17-14-31-15-18(17)13-29)20-9-21(26)25(30-2)11-23(20)28-22;1-2;/h3-6,9-11,17-18,27H,7-8,12-15H2,1-2H3;1-2H3;1H. The molecule has 0 amide bonds. The predicted octanol–water partition coefficient (Wildman–Crippen LogP) is 5.00. The Kier molecular flexibility index (Phi) is 7.85. The van der Waals surface area contributed by atoms with Gasteiger partial charge in [-0.15, -0.1) is 0 Å². The molecule has 6 nitrogen and oxygen atoms in total. The van der Waals surface area contributed by atoms with E-state index < -0.39 is 0 Å². The van der Waals surface area contributed by atoms with Crippen molar-refractivity contribution >= 4 is 16.6 Å².